The molecule has 4 N–H and O–H groups in total. The van der Waals surface area contributed by atoms with Gasteiger partial charge in [0.15, 0.2) is 0 Å². The molecule has 2 atom stereocenters. The predicted molar refractivity (Wildman–Crippen MR) is 70.7 cm³/mol. The second kappa shape index (κ2) is 8.34. The Morgan fingerprint density at radius 3 is 2.11 bits per heavy atom. The van der Waals surface area contributed by atoms with Crippen molar-refractivity contribution in [2.45, 2.75) is 46.2 Å². The minimum Gasteiger partial charge on any atom is -0.480 e. The van der Waals surface area contributed by atoms with Crippen LogP contribution in [0, 0.1) is 5.92 Å². The first-order chi connectivity index (χ1) is 8.77. The second-order valence-corrected chi connectivity index (χ2v) is 4.75. The number of amides is 3. The van der Waals surface area contributed by atoms with Crippen molar-refractivity contribution in [2.75, 3.05) is 6.54 Å². The van der Waals surface area contributed by atoms with Gasteiger partial charge in [-0.1, -0.05) is 13.8 Å². The first kappa shape index (κ1) is 17.2. The largest absolute Gasteiger partial charge is 0.480 e. The Labute approximate surface area is 113 Å². The maximum absolute atomic E-state index is 11.6. The fourth-order valence-electron chi connectivity index (χ4n) is 1.48. The summed E-state index contributed by atoms with van der Waals surface area (Å²) in [6, 6.07) is -2.33. The van der Waals surface area contributed by atoms with Crippen LogP contribution in [0.25, 0.3) is 0 Å². The summed E-state index contributed by atoms with van der Waals surface area (Å²) in [5.74, 6) is -1.26. The average molecular weight is 273 g/mol. The third kappa shape index (κ3) is 7.28. The molecule has 7 nitrogen and oxygen atoms in total. The Kier molecular flexibility index (Phi) is 7.55. The Morgan fingerprint density at radius 1 is 1.11 bits per heavy atom. The van der Waals surface area contributed by atoms with Crippen LogP contribution in [-0.4, -0.2) is 41.6 Å². The molecule has 0 aromatic carbocycles. The molecule has 0 aliphatic rings. The van der Waals surface area contributed by atoms with E-state index in [0.717, 1.165) is 0 Å². The number of carboxylic acids is 1. The van der Waals surface area contributed by atoms with E-state index < -0.39 is 24.1 Å². The number of urea groups is 1. The van der Waals surface area contributed by atoms with E-state index in [1.54, 1.807) is 6.92 Å². The maximum atomic E-state index is 11.6. The summed E-state index contributed by atoms with van der Waals surface area (Å²) in [4.78, 5) is 34.0. The standard InChI is InChI=1S/C12H23N3O4/c1-5-13-10(16)8(4)14-12(19)15-9(11(17)18)6-7(2)3/h7-9H,5-6H2,1-4H3,(H,13,16)(H,17,18)(H2,14,15,19). The molecular formula is C12H23N3O4. The Hall–Kier alpha value is -1.79. The SMILES string of the molecule is CCNC(=O)C(C)NC(=O)NC(CC(C)C)C(=O)O. The third-order valence-electron chi connectivity index (χ3n) is 2.40. The summed E-state index contributed by atoms with van der Waals surface area (Å²) in [6.07, 6.45) is 0.332. The van der Waals surface area contributed by atoms with E-state index in [1.807, 2.05) is 13.8 Å². The zero-order valence-electron chi connectivity index (χ0n) is 11.8. The Bertz CT molecular complexity index is 331. The molecule has 0 aromatic rings. The van der Waals surface area contributed by atoms with Gasteiger partial charge in [-0.25, -0.2) is 9.59 Å². The van der Waals surface area contributed by atoms with Crippen molar-refractivity contribution in [1.82, 2.24) is 16.0 Å². The number of nitrogens with one attached hydrogen (secondary N) is 3. The van der Waals surface area contributed by atoms with Crippen LogP contribution in [0.4, 0.5) is 4.79 Å². The fourth-order valence-corrected chi connectivity index (χ4v) is 1.48. The number of hydrogen-bond donors (Lipinski definition) is 4. The van der Waals surface area contributed by atoms with Gasteiger partial charge in [0.1, 0.15) is 12.1 Å². The second-order valence-electron chi connectivity index (χ2n) is 4.75. The highest BCUT2D eigenvalue weighted by Crippen LogP contribution is 2.04. The summed E-state index contributed by atoms with van der Waals surface area (Å²) in [6.45, 7) is 7.51. The number of carboxylic acid groups (broad SMARTS) is 1. The van der Waals surface area contributed by atoms with E-state index in [2.05, 4.69) is 16.0 Å². The zero-order chi connectivity index (χ0) is 15.0. The maximum Gasteiger partial charge on any atom is 0.326 e. The topological polar surface area (TPSA) is 108 Å². The monoisotopic (exact) mass is 273 g/mol. The number of aliphatic carboxylic acids is 1. The van der Waals surface area contributed by atoms with Gasteiger partial charge in [0, 0.05) is 6.54 Å². The predicted octanol–water partition coefficient (Wildman–Crippen LogP) is 0.310. The first-order valence-corrected chi connectivity index (χ1v) is 6.35. The smallest absolute Gasteiger partial charge is 0.326 e. The quantitative estimate of drug-likeness (QED) is 0.535. The van der Waals surface area contributed by atoms with Gasteiger partial charge >= 0.3 is 12.0 Å². The molecule has 0 saturated heterocycles. The van der Waals surface area contributed by atoms with Gasteiger partial charge in [0.25, 0.3) is 0 Å². The number of carbonyl (C=O) groups is 3. The first-order valence-electron chi connectivity index (χ1n) is 6.35. The lowest BCUT2D eigenvalue weighted by molar-refractivity contribution is -0.139. The van der Waals surface area contributed by atoms with Gasteiger partial charge in [-0.3, -0.25) is 4.79 Å². The van der Waals surface area contributed by atoms with Crippen LogP contribution in [0.2, 0.25) is 0 Å². The van der Waals surface area contributed by atoms with Gasteiger partial charge in [-0.15, -0.1) is 0 Å². The molecule has 0 bridgehead atoms. The molecule has 110 valence electrons. The van der Waals surface area contributed by atoms with Crippen LogP contribution in [0.3, 0.4) is 0 Å². The zero-order valence-corrected chi connectivity index (χ0v) is 11.8. The van der Waals surface area contributed by atoms with E-state index in [0.29, 0.717) is 13.0 Å². The number of hydrogen-bond acceptors (Lipinski definition) is 3. The molecule has 3 amide bonds. The van der Waals surface area contributed by atoms with Gasteiger partial charge < -0.3 is 21.1 Å². The molecule has 0 aromatic heterocycles. The summed E-state index contributed by atoms with van der Waals surface area (Å²) in [5.41, 5.74) is 0. The minimum atomic E-state index is -1.09. The molecule has 7 heteroatoms. The molecule has 0 rings (SSSR count). The van der Waals surface area contributed by atoms with E-state index >= 15 is 0 Å². The third-order valence-corrected chi connectivity index (χ3v) is 2.40. The molecule has 0 saturated carbocycles. The molecule has 0 heterocycles. The Morgan fingerprint density at radius 2 is 1.68 bits per heavy atom. The summed E-state index contributed by atoms with van der Waals surface area (Å²) in [7, 11) is 0. The van der Waals surface area contributed by atoms with Crippen LogP contribution in [0.1, 0.15) is 34.1 Å². The minimum absolute atomic E-state index is 0.141. The van der Waals surface area contributed by atoms with Crippen molar-refractivity contribution >= 4 is 17.9 Å². The summed E-state index contributed by atoms with van der Waals surface area (Å²) >= 11 is 0. The number of likely N-dealkylation sites (N-methyl/N-ethyl adjacent to an activating group) is 1. The molecule has 0 aliphatic carbocycles. The van der Waals surface area contributed by atoms with Gasteiger partial charge in [0.05, 0.1) is 0 Å². The molecule has 0 fully saturated rings. The lowest BCUT2D eigenvalue weighted by Gasteiger charge is -2.19. The van der Waals surface area contributed by atoms with Crippen molar-refractivity contribution in [1.29, 1.82) is 0 Å². The molecule has 0 radical (unpaired) electrons. The average Bonchev–Trinajstić information content (AvgIpc) is 2.27. The number of rotatable bonds is 7. The van der Waals surface area contributed by atoms with Crippen molar-refractivity contribution in [3.8, 4) is 0 Å². The highest BCUT2D eigenvalue weighted by molar-refractivity contribution is 5.88. The van der Waals surface area contributed by atoms with Gasteiger partial charge in [-0.2, -0.15) is 0 Å². The van der Waals surface area contributed by atoms with E-state index in [-0.39, 0.29) is 11.8 Å². The molecule has 0 spiro atoms. The van der Waals surface area contributed by atoms with Gasteiger partial charge in [0.2, 0.25) is 5.91 Å². The Balaban J connectivity index is 4.34. The molecule has 19 heavy (non-hydrogen) atoms. The van der Waals surface area contributed by atoms with Crippen LogP contribution in [-0.2, 0) is 9.59 Å². The molecular weight excluding hydrogens is 250 g/mol. The lowest BCUT2D eigenvalue weighted by Crippen LogP contribution is -2.52. The highest BCUT2D eigenvalue weighted by Gasteiger charge is 2.22. The number of carbonyl (C=O) groups excluding carboxylic acids is 2. The lowest BCUT2D eigenvalue weighted by atomic mass is 10.0. The van der Waals surface area contributed by atoms with Crippen molar-refractivity contribution < 1.29 is 19.5 Å². The normalized spacial score (nSPS) is 13.5. The van der Waals surface area contributed by atoms with Crippen molar-refractivity contribution in [2.24, 2.45) is 5.92 Å². The van der Waals surface area contributed by atoms with E-state index in [4.69, 9.17) is 5.11 Å². The van der Waals surface area contributed by atoms with Crippen LogP contribution >= 0.6 is 0 Å². The molecule has 0 aliphatic heterocycles. The fraction of sp³-hybridized carbons (Fsp3) is 0.750. The van der Waals surface area contributed by atoms with Crippen LogP contribution < -0.4 is 16.0 Å². The summed E-state index contributed by atoms with van der Waals surface area (Å²) in [5, 5.41) is 16.3. The summed E-state index contributed by atoms with van der Waals surface area (Å²) < 4.78 is 0. The van der Waals surface area contributed by atoms with Crippen LogP contribution in [0.15, 0.2) is 0 Å². The van der Waals surface area contributed by atoms with Crippen molar-refractivity contribution in [3.63, 3.8) is 0 Å². The van der Waals surface area contributed by atoms with Crippen molar-refractivity contribution in [3.05, 3.63) is 0 Å². The van der Waals surface area contributed by atoms with E-state index in [9.17, 15) is 14.4 Å². The van der Waals surface area contributed by atoms with E-state index in [1.165, 1.54) is 6.92 Å². The molecule has 2 unspecified atom stereocenters. The van der Waals surface area contributed by atoms with Crippen LogP contribution in [0.5, 0.6) is 0 Å². The van der Waals surface area contributed by atoms with Gasteiger partial charge in [-0.05, 0) is 26.2 Å². The highest BCUT2D eigenvalue weighted by atomic mass is 16.4.